The number of nitrogens with zero attached hydrogens (tertiary/aromatic N) is 6. The van der Waals surface area contributed by atoms with Crippen LogP contribution in [0.4, 0.5) is 13.2 Å². The lowest BCUT2D eigenvalue weighted by Crippen LogP contribution is -2.37. The maximum atomic E-state index is 13.1. The molecule has 37 heavy (non-hydrogen) atoms. The van der Waals surface area contributed by atoms with Gasteiger partial charge in [-0.3, -0.25) is 4.57 Å². The first-order chi connectivity index (χ1) is 17.5. The fourth-order valence-electron chi connectivity index (χ4n) is 3.49. The molecule has 0 aliphatic heterocycles. The van der Waals surface area contributed by atoms with E-state index in [2.05, 4.69) is 15.2 Å². The first kappa shape index (κ1) is 26.8. The monoisotopic (exact) mass is 557 g/mol. The van der Waals surface area contributed by atoms with Crippen molar-refractivity contribution in [2.24, 2.45) is 5.73 Å². The topological polar surface area (TPSA) is 137 Å². The summed E-state index contributed by atoms with van der Waals surface area (Å²) in [4.78, 5) is 17.4. The van der Waals surface area contributed by atoms with Gasteiger partial charge in [0.2, 0.25) is 0 Å². The number of aliphatic hydroxyl groups excluding tert-OH is 2. The molecular weight excluding hydrogens is 538 g/mol. The Labute approximate surface area is 217 Å². The molecule has 2 heterocycles. The molecule has 0 saturated heterocycles. The molecule has 0 aliphatic rings. The molecule has 0 spiro atoms. The van der Waals surface area contributed by atoms with Crippen LogP contribution in [0.25, 0.3) is 17.1 Å². The van der Waals surface area contributed by atoms with Crippen LogP contribution >= 0.6 is 23.2 Å². The van der Waals surface area contributed by atoms with Crippen molar-refractivity contribution in [3.05, 3.63) is 80.7 Å². The average molecular weight is 558 g/mol. The number of aliphatic hydroxyl groups is 2. The molecule has 10 nitrogen and oxygen atoms in total. The smallest absolute Gasteiger partial charge is 0.394 e. The summed E-state index contributed by atoms with van der Waals surface area (Å²) in [7, 11) is 0. The van der Waals surface area contributed by atoms with Crippen molar-refractivity contribution in [3.63, 3.8) is 0 Å². The van der Waals surface area contributed by atoms with Crippen LogP contribution in [-0.2, 0) is 13.1 Å². The van der Waals surface area contributed by atoms with E-state index in [0.717, 1.165) is 4.68 Å². The summed E-state index contributed by atoms with van der Waals surface area (Å²) in [6.45, 7) is -1.90. The highest BCUT2D eigenvalue weighted by Gasteiger charge is 2.39. The first-order valence-corrected chi connectivity index (χ1v) is 11.5. The Kier molecular flexibility index (Phi) is 7.71. The lowest BCUT2D eigenvalue weighted by atomic mass is 10.2. The molecule has 4 aromatic rings. The molecule has 15 heteroatoms. The number of rotatable bonds is 8. The summed E-state index contributed by atoms with van der Waals surface area (Å²) in [6.07, 6.45) is -7.76. The summed E-state index contributed by atoms with van der Waals surface area (Å²) in [6, 6.07) is 11.7. The molecule has 0 amide bonds. The normalized spacial score (nSPS) is 13.6. The van der Waals surface area contributed by atoms with Crippen LogP contribution < -0.4 is 11.4 Å². The minimum atomic E-state index is -4.95. The first-order valence-electron chi connectivity index (χ1n) is 10.7. The Balaban J connectivity index is 1.78. The highest BCUT2D eigenvalue weighted by Crippen LogP contribution is 2.25. The van der Waals surface area contributed by atoms with Crippen molar-refractivity contribution >= 4 is 23.2 Å². The summed E-state index contributed by atoms with van der Waals surface area (Å²) in [5, 5.41) is 28.4. The van der Waals surface area contributed by atoms with E-state index in [-0.39, 0.29) is 24.0 Å². The van der Waals surface area contributed by atoms with E-state index in [1.165, 1.54) is 28.9 Å². The van der Waals surface area contributed by atoms with Gasteiger partial charge < -0.3 is 15.9 Å². The number of hydrogen-bond acceptors (Lipinski definition) is 7. The minimum Gasteiger partial charge on any atom is -0.394 e. The van der Waals surface area contributed by atoms with Gasteiger partial charge in [0.25, 0.3) is 0 Å². The molecule has 0 bridgehead atoms. The van der Waals surface area contributed by atoms with E-state index >= 15 is 0 Å². The Hall–Kier alpha value is -3.23. The molecule has 0 radical (unpaired) electrons. The Morgan fingerprint density at radius 3 is 2.35 bits per heavy atom. The molecule has 4 N–H and O–H groups in total. The zero-order valence-corrected chi connectivity index (χ0v) is 20.4. The fraction of sp³-hybridized carbons (Fsp3) is 0.273. The van der Waals surface area contributed by atoms with Gasteiger partial charge in [-0.15, -0.1) is 10.2 Å². The van der Waals surface area contributed by atoms with Crippen molar-refractivity contribution in [2.75, 3.05) is 6.61 Å². The van der Waals surface area contributed by atoms with Gasteiger partial charge >= 0.3 is 11.9 Å². The van der Waals surface area contributed by atoms with E-state index in [0.29, 0.717) is 25.9 Å². The fourth-order valence-corrected chi connectivity index (χ4v) is 3.83. The third-order valence-corrected chi connectivity index (χ3v) is 5.91. The third-order valence-electron chi connectivity index (χ3n) is 5.33. The molecule has 0 saturated carbocycles. The Morgan fingerprint density at radius 1 is 1.05 bits per heavy atom. The number of alkyl halides is 3. The van der Waals surface area contributed by atoms with E-state index in [1.807, 2.05) is 0 Å². The van der Waals surface area contributed by atoms with Gasteiger partial charge in [-0.1, -0.05) is 35.3 Å². The van der Waals surface area contributed by atoms with Crippen LogP contribution in [0.3, 0.4) is 0 Å². The summed E-state index contributed by atoms with van der Waals surface area (Å²) >= 11 is 12.2. The van der Waals surface area contributed by atoms with Gasteiger partial charge in [0.1, 0.15) is 6.54 Å². The Bertz CT molecular complexity index is 1450. The molecular formula is C22H20Cl2F3N7O3. The molecule has 2 aromatic carbocycles. The van der Waals surface area contributed by atoms with E-state index in [1.54, 1.807) is 24.3 Å². The number of hydrogen-bond donors (Lipinski definition) is 3. The largest absolute Gasteiger partial charge is 0.416 e. The van der Waals surface area contributed by atoms with E-state index < -0.39 is 37.2 Å². The quantitative estimate of drug-likeness (QED) is 0.302. The van der Waals surface area contributed by atoms with Gasteiger partial charge in [-0.25, -0.2) is 19.1 Å². The predicted octanol–water partition coefficient (Wildman–Crippen LogP) is 2.56. The SMILES string of the molecule is NC(CO)c1nc(Cn2nc(-c3ccc(Cl)cc3)n(C[C@H](O)C(F)(F)F)c2=O)nn1-c1ccccc1Cl. The number of nitrogens with two attached hydrogens (primary N) is 1. The third kappa shape index (κ3) is 5.70. The van der Waals surface area contributed by atoms with Crippen LogP contribution in [-0.4, -0.2) is 58.2 Å². The van der Waals surface area contributed by atoms with Crippen LogP contribution in [0.2, 0.25) is 10.0 Å². The Morgan fingerprint density at radius 2 is 1.73 bits per heavy atom. The molecule has 2 atom stereocenters. The van der Waals surface area contributed by atoms with E-state index in [4.69, 9.17) is 28.9 Å². The van der Waals surface area contributed by atoms with Crippen molar-refractivity contribution in [1.82, 2.24) is 29.1 Å². The highest BCUT2D eigenvalue weighted by atomic mass is 35.5. The standard InChI is InChI=1S/C22H20Cl2F3N7O3/c23-13-7-5-12(6-8-13)19-31-33(21(37)32(19)9-17(36)22(25,26)27)10-18-29-20(15(28)11-35)34(30-18)16-4-2-1-3-14(16)24/h1-8,15,17,35-36H,9-11,28H2/t15?,17-/m0/s1. The summed E-state index contributed by atoms with van der Waals surface area (Å²) < 4.78 is 42.1. The highest BCUT2D eigenvalue weighted by molar-refractivity contribution is 6.32. The summed E-state index contributed by atoms with van der Waals surface area (Å²) in [5.74, 6) is 0.0517. The predicted molar refractivity (Wildman–Crippen MR) is 128 cm³/mol. The van der Waals surface area contributed by atoms with Crippen molar-refractivity contribution < 1.29 is 23.4 Å². The molecule has 0 aliphatic carbocycles. The molecule has 0 fully saturated rings. The second-order valence-electron chi connectivity index (χ2n) is 7.98. The number of benzene rings is 2. The lowest BCUT2D eigenvalue weighted by Gasteiger charge is -2.15. The molecule has 4 rings (SSSR count). The molecule has 1 unspecified atom stereocenters. The zero-order chi connectivity index (χ0) is 26.9. The van der Waals surface area contributed by atoms with Gasteiger partial charge in [-0.05, 0) is 36.4 Å². The van der Waals surface area contributed by atoms with Gasteiger partial charge in [0.05, 0.1) is 29.9 Å². The van der Waals surface area contributed by atoms with Crippen molar-refractivity contribution in [3.8, 4) is 17.1 Å². The summed E-state index contributed by atoms with van der Waals surface area (Å²) in [5.41, 5.74) is 5.76. The lowest BCUT2D eigenvalue weighted by molar-refractivity contribution is -0.207. The van der Waals surface area contributed by atoms with Crippen LogP contribution in [0, 0.1) is 0 Å². The second-order valence-corrected chi connectivity index (χ2v) is 8.82. The molecule has 196 valence electrons. The van der Waals surface area contributed by atoms with Gasteiger partial charge in [0.15, 0.2) is 23.6 Å². The van der Waals surface area contributed by atoms with E-state index in [9.17, 15) is 28.2 Å². The van der Waals surface area contributed by atoms with Crippen LogP contribution in [0.5, 0.6) is 0 Å². The maximum Gasteiger partial charge on any atom is 0.416 e. The van der Waals surface area contributed by atoms with Crippen molar-refractivity contribution in [2.45, 2.75) is 31.4 Å². The number of para-hydroxylation sites is 1. The number of halogens is 5. The minimum absolute atomic E-state index is 0.0320. The average Bonchev–Trinajstić information content (AvgIpc) is 3.40. The zero-order valence-electron chi connectivity index (χ0n) is 18.8. The van der Waals surface area contributed by atoms with Gasteiger partial charge in [0, 0.05) is 10.6 Å². The van der Waals surface area contributed by atoms with Crippen LogP contribution in [0.15, 0.2) is 53.3 Å². The number of aromatic nitrogens is 6. The van der Waals surface area contributed by atoms with Crippen molar-refractivity contribution in [1.29, 1.82) is 0 Å². The van der Waals surface area contributed by atoms with Gasteiger partial charge in [-0.2, -0.15) is 13.2 Å². The second kappa shape index (κ2) is 10.6. The van der Waals surface area contributed by atoms with Crippen LogP contribution in [0.1, 0.15) is 17.7 Å². The maximum absolute atomic E-state index is 13.1. The molecule has 2 aromatic heterocycles.